The van der Waals surface area contributed by atoms with Crippen LogP contribution in [0.25, 0.3) is 0 Å². The summed E-state index contributed by atoms with van der Waals surface area (Å²) in [4.78, 5) is 1.37. The predicted octanol–water partition coefficient (Wildman–Crippen LogP) is 4.95. The second-order valence-electron chi connectivity index (χ2n) is 5.13. The monoisotopic (exact) mass is 395 g/mol. The Morgan fingerprint density at radius 2 is 2.04 bits per heavy atom. The van der Waals surface area contributed by atoms with Gasteiger partial charge in [0, 0.05) is 17.2 Å². The third kappa shape index (κ3) is 6.30. The molecule has 0 aliphatic carbocycles. The Morgan fingerprint density at radius 3 is 2.84 bits per heavy atom. The Kier molecular flexibility index (Phi) is 7.08. The van der Waals surface area contributed by atoms with Crippen LogP contribution < -0.4 is 10.1 Å². The van der Waals surface area contributed by atoms with Crippen LogP contribution in [0.4, 0.5) is 9.52 Å². The van der Waals surface area contributed by atoms with E-state index in [0.29, 0.717) is 12.4 Å². The largest absolute Gasteiger partial charge is 0.494 e. The van der Waals surface area contributed by atoms with Gasteiger partial charge >= 0.3 is 0 Å². The van der Waals surface area contributed by atoms with E-state index in [4.69, 9.17) is 4.74 Å². The first-order chi connectivity index (χ1) is 12.3. The van der Waals surface area contributed by atoms with Gasteiger partial charge < -0.3 is 10.1 Å². The first kappa shape index (κ1) is 18.2. The number of nitrogens with one attached hydrogen (secondary N) is 1. The third-order valence-electron chi connectivity index (χ3n) is 3.23. The van der Waals surface area contributed by atoms with Crippen molar-refractivity contribution in [2.45, 2.75) is 17.2 Å². The van der Waals surface area contributed by atoms with Gasteiger partial charge in [-0.25, -0.2) is 4.39 Å². The lowest BCUT2D eigenvalue weighted by atomic mass is 10.3. The Balaban J connectivity index is 1.29. The van der Waals surface area contributed by atoms with E-state index >= 15 is 0 Å². The minimum atomic E-state index is -0.251. The lowest BCUT2D eigenvalue weighted by Crippen LogP contribution is -2.03. The van der Waals surface area contributed by atoms with Crippen molar-refractivity contribution in [3.05, 3.63) is 52.5 Å². The summed E-state index contributed by atoms with van der Waals surface area (Å²) < 4.78 is 19.3. The van der Waals surface area contributed by atoms with E-state index in [9.17, 15) is 4.39 Å². The van der Waals surface area contributed by atoms with Crippen molar-refractivity contribution in [1.82, 2.24) is 10.2 Å². The number of halogens is 1. The number of ether oxygens (including phenoxy) is 1. The number of nitrogens with zero attached hydrogens (tertiary/aromatic N) is 2. The molecular weight excluding hydrogens is 377 g/mol. The molecule has 4 nitrogen and oxygen atoms in total. The van der Waals surface area contributed by atoms with Crippen molar-refractivity contribution in [3.8, 4) is 5.75 Å². The molecule has 0 unspecified atom stereocenters. The van der Waals surface area contributed by atoms with Gasteiger partial charge in [-0.2, -0.15) is 0 Å². The highest BCUT2D eigenvalue weighted by atomic mass is 32.2. The second kappa shape index (κ2) is 9.74. The van der Waals surface area contributed by atoms with E-state index in [1.807, 2.05) is 0 Å². The summed E-state index contributed by atoms with van der Waals surface area (Å²) in [6, 6.07) is 10.3. The lowest BCUT2D eigenvalue weighted by Gasteiger charge is -2.04. The van der Waals surface area contributed by atoms with Crippen molar-refractivity contribution in [1.29, 1.82) is 0 Å². The van der Waals surface area contributed by atoms with Crippen molar-refractivity contribution >= 4 is 39.6 Å². The minimum Gasteiger partial charge on any atom is -0.494 e. The van der Waals surface area contributed by atoms with Gasteiger partial charge in [-0.05, 0) is 48.6 Å². The fourth-order valence-corrected chi connectivity index (χ4v) is 4.50. The van der Waals surface area contributed by atoms with Gasteiger partial charge in [-0.15, -0.1) is 21.5 Å². The molecule has 0 aliphatic heterocycles. The molecule has 2 heterocycles. The van der Waals surface area contributed by atoms with Crippen LogP contribution in [0.3, 0.4) is 0 Å². The third-order valence-corrected chi connectivity index (χ3v) is 6.27. The number of benzene rings is 1. The van der Waals surface area contributed by atoms with Crippen molar-refractivity contribution < 1.29 is 9.13 Å². The van der Waals surface area contributed by atoms with Crippen LogP contribution in [0.5, 0.6) is 5.75 Å². The number of aromatic nitrogens is 2. The molecule has 3 aromatic rings. The smallest absolute Gasteiger partial charge is 0.206 e. The summed E-state index contributed by atoms with van der Waals surface area (Å²) in [7, 11) is 0. The molecule has 0 aliphatic rings. The molecule has 25 heavy (non-hydrogen) atoms. The molecule has 1 N–H and O–H groups in total. The molecule has 0 fully saturated rings. The lowest BCUT2D eigenvalue weighted by molar-refractivity contribution is 0.318. The summed E-state index contributed by atoms with van der Waals surface area (Å²) in [5.41, 5.74) is 0. The quantitative estimate of drug-likeness (QED) is 0.389. The molecule has 8 heteroatoms. The Hall–Kier alpha value is -1.64. The van der Waals surface area contributed by atoms with Crippen molar-refractivity contribution in [3.63, 3.8) is 0 Å². The van der Waals surface area contributed by atoms with Crippen molar-refractivity contribution in [2.75, 3.05) is 24.2 Å². The highest BCUT2D eigenvalue weighted by Crippen LogP contribution is 2.26. The van der Waals surface area contributed by atoms with E-state index in [2.05, 4.69) is 33.0 Å². The summed E-state index contributed by atoms with van der Waals surface area (Å²) in [6.45, 7) is 1.47. The van der Waals surface area contributed by atoms with Crippen LogP contribution in [-0.4, -0.2) is 29.1 Å². The van der Waals surface area contributed by atoms with Crippen LogP contribution in [-0.2, 0) is 6.42 Å². The standard InChI is InChI=1S/C17H18FN3OS3/c18-13-4-6-14(7-5-13)22-10-2-12-24-17-21-20-16(25-17)19-9-8-15-3-1-11-23-15/h1,3-7,11H,2,8-10,12H2,(H,19,20). The molecule has 132 valence electrons. The van der Waals surface area contributed by atoms with Crippen LogP contribution in [0.15, 0.2) is 46.1 Å². The fraction of sp³-hybridized carbons (Fsp3) is 0.294. The maximum atomic E-state index is 12.8. The van der Waals surface area contributed by atoms with Gasteiger partial charge in [-0.3, -0.25) is 0 Å². The van der Waals surface area contributed by atoms with Crippen LogP contribution in [0, 0.1) is 5.82 Å². The van der Waals surface area contributed by atoms with Crippen LogP contribution in [0.1, 0.15) is 11.3 Å². The summed E-state index contributed by atoms with van der Waals surface area (Å²) >= 11 is 5.02. The topological polar surface area (TPSA) is 47.0 Å². The molecule has 0 saturated heterocycles. The first-order valence-electron chi connectivity index (χ1n) is 7.90. The van der Waals surface area contributed by atoms with E-state index in [0.717, 1.165) is 34.6 Å². The predicted molar refractivity (Wildman–Crippen MR) is 104 cm³/mol. The van der Waals surface area contributed by atoms with E-state index in [1.165, 1.54) is 17.0 Å². The molecule has 0 radical (unpaired) electrons. The number of anilines is 1. The first-order valence-corrected chi connectivity index (χ1v) is 10.6. The molecule has 0 spiro atoms. The average molecular weight is 396 g/mol. The van der Waals surface area contributed by atoms with Crippen molar-refractivity contribution in [2.24, 2.45) is 0 Å². The van der Waals surface area contributed by atoms with Crippen LogP contribution in [0.2, 0.25) is 0 Å². The Labute approximate surface area is 158 Å². The van der Waals surface area contributed by atoms with E-state index < -0.39 is 0 Å². The van der Waals surface area contributed by atoms with E-state index in [-0.39, 0.29) is 5.82 Å². The highest BCUT2D eigenvalue weighted by Gasteiger charge is 2.05. The zero-order chi connectivity index (χ0) is 17.3. The Morgan fingerprint density at radius 1 is 1.16 bits per heavy atom. The minimum absolute atomic E-state index is 0.251. The van der Waals surface area contributed by atoms with Gasteiger partial charge in [0.1, 0.15) is 11.6 Å². The number of thioether (sulfide) groups is 1. The van der Waals surface area contributed by atoms with Gasteiger partial charge in [0.05, 0.1) is 6.61 Å². The Bertz CT molecular complexity index is 747. The summed E-state index contributed by atoms with van der Waals surface area (Å²) in [6.07, 6.45) is 1.89. The van der Waals surface area contributed by atoms with Gasteiger partial charge in [-0.1, -0.05) is 29.2 Å². The number of thiophene rings is 1. The maximum Gasteiger partial charge on any atom is 0.206 e. The normalized spacial score (nSPS) is 10.8. The molecule has 2 aromatic heterocycles. The van der Waals surface area contributed by atoms with Gasteiger partial charge in [0.2, 0.25) is 5.13 Å². The molecule has 0 bridgehead atoms. The molecule has 1 aromatic carbocycles. The molecular formula is C17H18FN3OS3. The zero-order valence-electron chi connectivity index (χ0n) is 13.5. The molecule has 0 saturated carbocycles. The summed E-state index contributed by atoms with van der Waals surface area (Å²) in [5, 5.41) is 14.6. The SMILES string of the molecule is Fc1ccc(OCCCSc2nnc(NCCc3cccs3)s2)cc1. The van der Waals surface area contributed by atoms with Gasteiger partial charge in [0.25, 0.3) is 0 Å². The van der Waals surface area contributed by atoms with E-state index in [1.54, 1.807) is 46.6 Å². The summed E-state index contributed by atoms with van der Waals surface area (Å²) in [5.74, 6) is 1.35. The zero-order valence-corrected chi connectivity index (χ0v) is 15.9. The number of hydrogen-bond donors (Lipinski definition) is 1. The average Bonchev–Trinajstić information content (AvgIpc) is 3.28. The van der Waals surface area contributed by atoms with Gasteiger partial charge in [0.15, 0.2) is 4.34 Å². The fourth-order valence-electron chi connectivity index (χ4n) is 2.03. The highest BCUT2D eigenvalue weighted by molar-refractivity contribution is 8.01. The molecule has 0 atom stereocenters. The maximum absolute atomic E-state index is 12.8. The second-order valence-corrected chi connectivity index (χ2v) is 8.49. The number of rotatable bonds is 10. The molecule has 3 rings (SSSR count). The number of hydrogen-bond acceptors (Lipinski definition) is 7. The van der Waals surface area contributed by atoms with Crippen LogP contribution >= 0.6 is 34.4 Å². The molecule has 0 amide bonds.